The number of thiophene rings is 1. The first-order chi connectivity index (χ1) is 12.4. The van der Waals surface area contributed by atoms with Crippen molar-refractivity contribution in [2.75, 3.05) is 7.05 Å². The van der Waals surface area contributed by atoms with E-state index < -0.39 is 0 Å². The Kier molecular flexibility index (Phi) is 3.89. The number of hydrazone groups is 1. The van der Waals surface area contributed by atoms with Gasteiger partial charge in [0.05, 0.1) is 15.3 Å². The summed E-state index contributed by atoms with van der Waals surface area (Å²) in [5.41, 5.74) is 8.00. The standard InChI is InChI=1S/C17H18N6O2S/c1-10(2)22-9-13(12-5-4-11(23(24)25)8-14(12)22)15-6-7-16(26-15)17-18-20-21(3)19-17/h4-10,20H,1-3H3,(H,18,19). The summed E-state index contributed by atoms with van der Waals surface area (Å²) in [5.74, 6) is 0.770. The first kappa shape index (κ1) is 16.6. The second kappa shape index (κ2) is 6.11. The van der Waals surface area contributed by atoms with Gasteiger partial charge in [-0.1, -0.05) is 0 Å². The highest BCUT2D eigenvalue weighted by Crippen LogP contribution is 2.37. The van der Waals surface area contributed by atoms with Gasteiger partial charge in [0.15, 0.2) is 5.84 Å². The molecule has 3 aromatic rings. The Balaban J connectivity index is 1.82. The van der Waals surface area contributed by atoms with Crippen LogP contribution in [0.15, 0.2) is 41.6 Å². The van der Waals surface area contributed by atoms with Gasteiger partial charge in [-0.05, 0) is 32.0 Å². The molecule has 0 unspecified atom stereocenters. The molecule has 2 N–H and O–H groups in total. The average Bonchev–Trinajstić information content (AvgIpc) is 3.30. The topological polar surface area (TPSA) is 87.7 Å². The summed E-state index contributed by atoms with van der Waals surface area (Å²) >= 11 is 1.63. The number of amidine groups is 1. The van der Waals surface area contributed by atoms with E-state index in [4.69, 9.17) is 0 Å². The Hall–Kier alpha value is -2.91. The average molecular weight is 370 g/mol. The third-order valence-electron chi connectivity index (χ3n) is 4.28. The van der Waals surface area contributed by atoms with Crippen LogP contribution in [0, 0.1) is 10.1 Å². The molecule has 134 valence electrons. The Morgan fingerprint density at radius 3 is 2.65 bits per heavy atom. The highest BCUT2D eigenvalue weighted by atomic mass is 32.1. The molecule has 26 heavy (non-hydrogen) atoms. The highest BCUT2D eigenvalue weighted by molar-refractivity contribution is 7.17. The van der Waals surface area contributed by atoms with E-state index in [9.17, 15) is 10.1 Å². The van der Waals surface area contributed by atoms with Gasteiger partial charge in [-0.3, -0.25) is 15.5 Å². The smallest absolute Gasteiger partial charge is 0.271 e. The number of hydrogen-bond acceptors (Lipinski definition) is 7. The fourth-order valence-corrected chi connectivity index (χ4v) is 4.00. The first-order valence-electron chi connectivity index (χ1n) is 8.17. The number of nitrogens with one attached hydrogen (secondary N) is 2. The van der Waals surface area contributed by atoms with Gasteiger partial charge in [-0.15, -0.1) is 21.6 Å². The van der Waals surface area contributed by atoms with Crippen molar-refractivity contribution >= 4 is 33.8 Å². The summed E-state index contributed by atoms with van der Waals surface area (Å²) in [4.78, 5) is 12.9. The molecule has 0 spiro atoms. The van der Waals surface area contributed by atoms with E-state index in [1.54, 1.807) is 28.6 Å². The normalized spacial score (nSPS) is 14.5. The van der Waals surface area contributed by atoms with Crippen LogP contribution in [0.25, 0.3) is 21.3 Å². The fraction of sp³-hybridized carbons (Fsp3) is 0.235. The molecule has 0 aliphatic carbocycles. The molecule has 4 rings (SSSR count). The number of non-ortho nitro benzene ring substituents is 1. The molecule has 0 radical (unpaired) electrons. The van der Waals surface area contributed by atoms with Crippen LogP contribution >= 0.6 is 11.3 Å². The molecule has 8 nitrogen and oxygen atoms in total. The van der Waals surface area contributed by atoms with Crippen LogP contribution in [0.4, 0.5) is 5.69 Å². The number of aromatic nitrogens is 1. The molecule has 1 aliphatic rings. The predicted octanol–water partition coefficient (Wildman–Crippen LogP) is 3.48. The van der Waals surface area contributed by atoms with E-state index in [0.29, 0.717) is 0 Å². The SMILES string of the molecule is CC(C)n1cc(-c2ccc(C3=NNN(C)N3)s2)c2ccc([N+](=O)[O-])cc21. The van der Waals surface area contributed by atoms with Gasteiger partial charge >= 0.3 is 0 Å². The second-order valence-electron chi connectivity index (χ2n) is 6.40. The zero-order valence-corrected chi connectivity index (χ0v) is 15.4. The lowest BCUT2D eigenvalue weighted by atomic mass is 10.1. The summed E-state index contributed by atoms with van der Waals surface area (Å²) in [7, 11) is 1.84. The van der Waals surface area contributed by atoms with E-state index in [1.165, 1.54) is 0 Å². The minimum absolute atomic E-state index is 0.106. The van der Waals surface area contributed by atoms with Crippen molar-refractivity contribution in [2.45, 2.75) is 19.9 Å². The minimum atomic E-state index is -0.354. The van der Waals surface area contributed by atoms with E-state index in [0.717, 1.165) is 32.1 Å². The summed E-state index contributed by atoms with van der Waals surface area (Å²) in [6.45, 7) is 4.14. The third-order valence-corrected chi connectivity index (χ3v) is 5.40. The van der Waals surface area contributed by atoms with Crippen LogP contribution in [0.2, 0.25) is 0 Å². The molecule has 0 bridgehead atoms. The van der Waals surface area contributed by atoms with Crippen LogP contribution in [0.3, 0.4) is 0 Å². The monoisotopic (exact) mass is 370 g/mol. The third kappa shape index (κ3) is 2.71. The minimum Gasteiger partial charge on any atom is -0.344 e. The van der Waals surface area contributed by atoms with Gasteiger partial charge in [-0.2, -0.15) is 0 Å². The molecular formula is C17H18N6O2S. The van der Waals surface area contributed by atoms with Gasteiger partial charge in [0.2, 0.25) is 0 Å². The van der Waals surface area contributed by atoms with Gasteiger partial charge in [0, 0.05) is 47.2 Å². The maximum absolute atomic E-state index is 11.1. The Bertz CT molecular complexity index is 1040. The molecule has 1 aliphatic heterocycles. The second-order valence-corrected chi connectivity index (χ2v) is 7.48. The van der Waals surface area contributed by atoms with Gasteiger partial charge in [0.25, 0.3) is 5.69 Å². The van der Waals surface area contributed by atoms with Crippen molar-refractivity contribution in [3.63, 3.8) is 0 Å². The summed E-state index contributed by atoms with van der Waals surface area (Å²) in [6.07, 6.45) is 2.07. The van der Waals surface area contributed by atoms with Gasteiger partial charge in [-0.25, -0.2) is 5.53 Å². The quantitative estimate of drug-likeness (QED) is 0.542. The molecule has 0 amide bonds. The molecule has 3 heterocycles. The lowest BCUT2D eigenvalue weighted by Gasteiger charge is -2.08. The van der Waals surface area contributed by atoms with Gasteiger partial charge in [0.1, 0.15) is 0 Å². The molecule has 0 fully saturated rings. The number of fused-ring (bicyclic) bond motifs is 1. The van der Waals surface area contributed by atoms with Crippen molar-refractivity contribution in [3.8, 4) is 10.4 Å². The summed E-state index contributed by atoms with van der Waals surface area (Å²) in [6, 6.07) is 9.33. The Labute approximate surface area is 153 Å². The van der Waals surface area contributed by atoms with E-state index in [-0.39, 0.29) is 16.7 Å². The number of nitro benzene ring substituents is 1. The van der Waals surface area contributed by atoms with Crippen molar-refractivity contribution in [2.24, 2.45) is 5.10 Å². The number of rotatable bonds is 4. The number of hydrazine groups is 2. The van der Waals surface area contributed by atoms with Crippen LogP contribution in [-0.4, -0.2) is 27.5 Å². The highest BCUT2D eigenvalue weighted by Gasteiger charge is 2.19. The molecule has 2 aromatic heterocycles. The number of nitrogens with zero attached hydrogens (tertiary/aromatic N) is 4. The van der Waals surface area contributed by atoms with Crippen molar-refractivity contribution in [1.82, 2.24) is 20.6 Å². The van der Waals surface area contributed by atoms with Crippen molar-refractivity contribution in [3.05, 3.63) is 51.5 Å². The molecule has 0 atom stereocenters. The zero-order valence-electron chi connectivity index (χ0n) is 14.6. The molecule has 0 saturated heterocycles. The van der Waals surface area contributed by atoms with E-state index >= 15 is 0 Å². The Morgan fingerprint density at radius 1 is 1.23 bits per heavy atom. The van der Waals surface area contributed by atoms with Crippen molar-refractivity contribution < 1.29 is 4.92 Å². The Morgan fingerprint density at radius 2 is 2.00 bits per heavy atom. The van der Waals surface area contributed by atoms with Crippen LogP contribution < -0.4 is 11.0 Å². The summed E-state index contributed by atoms with van der Waals surface area (Å²) in [5, 5.41) is 18.1. The molecule has 9 heteroatoms. The first-order valence-corrected chi connectivity index (χ1v) is 8.99. The largest absolute Gasteiger partial charge is 0.344 e. The molecular weight excluding hydrogens is 352 g/mol. The molecule has 0 saturated carbocycles. The number of hydrogen-bond donors (Lipinski definition) is 2. The maximum Gasteiger partial charge on any atom is 0.271 e. The fourth-order valence-electron chi connectivity index (χ4n) is 3.03. The lowest BCUT2D eigenvalue weighted by molar-refractivity contribution is -0.384. The van der Waals surface area contributed by atoms with Crippen LogP contribution in [0.1, 0.15) is 24.8 Å². The van der Waals surface area contributed by atoms with Crippen LogP contribution in [-0.2, 0) is 0 Å². The predicted molar refractivity (Wildman–Crippen MR) is 103 cm³/mol. The van der Waals surface area contributed by atoms with Crippen molar-refractivity contribution in [1.29, 1.82) is 0 Å². The van der Waals surface area contributed by atoms with Crippen LogP contribution in [0.5, 0.6) is 0 Å². The number of benzene rings is 1. The maximum atomic E-state index is 11.1. The summed E-state index contributed by atoms with van der Waals surface area (Å²) < 4.78 is 2.08. The number of nitro groups is 1. The zero-order chi connectivity index (χ0) is 18.4. The van der Waals surface area contributed by atoms with Gasteiger partial charge < -0.3 is 4.57 Å². The lowest BCUT2D eigenvalue weighted by Crippen LogP contribution is -2.37. The molecule has 1 aromatic carbocycles. The van der Waals surface area contributed by atoms with E-state index in [1.807, 2.05) is 19.2 Å². The van der Waals surface area contributed by atoms with E-state index in [2.05, 4.69) is 46.7 Å².